The van der Waals surface area contributed by atoms with Gasteiger partial charge in [0.25, 0.3) is 5.19 Å². The van der Waals surface area contributed by atoms with Gasteiger partial charge in [0.1, 0.15) is 17.3 Å². The summed E-state index contributed by atoms with van der Waals surface area (Å²) in [6.07, 6.45) is 6.04. The van der Waals surface area contributed by atoms with Crippen LogP contribution in [0.15, 0.2) is 30.6 Å². The fourth-order valence-electron chi connectivity index (χ4n) is 3.79. The van der Waals surface area contributed by atoms with Crippen molar-refractivity contribution in [2.24, 2.45) is 0 Å². The number of hydrogen-bond acceptors (Lipinski definition) is 5. The highest BCUT2D eigenvalue weighted by Gasteiger charge is 2.18. The Kier molecular flexibility index (Phi) is 4.29. The highest BCUT2D eigenvalue weighted by Crippen LogP contribution is 2.35. The van der Waals surface area contributed by atoms with Crippen LogP contribution in [-0.2, 0) is 0 Å². The van der Waals surface area contributed by atoms with E-state index in [0.717, 1.165) is 58.7 Å². The van der Waals surface area contributed by atoms with Gasteiger partial charge in [0.2, 0.25) is 0 Å². The third-order valence-corrected chi connectivity index (χ3v) is 6.06. The topological polar surface area (TPSA) is 51.5 Å². The molecule has 1 N–H and O–H groups in total. The van der Waals surface area contributed by atoms with Crippen LogP contribution in [-0.4, -0.2) is 33.6 Å². The first-order valence-electron chi connectivity index (χ1n) is 9.50. The standard InChI is InChI=1S/C21H21FN4OS/c1-12-7-15(11-26-10-13(2)24-20(12)26)14-8-17(22)19-18(9-14)28-21(25-19)27-16-3-5-23-6-4-16/h7-11,16,23H,3-6H2,1-2H3. The summed E-state index contributed by atoms with van der Waals surface area (Å²) in [7, 11) is 0. The van der Waals surface area contributed by atoms with Gasteiger partial charge in [-0.25, -0.2) is 9.37 Å². The fourth-order valence-corrected chi connectivity index (χ4v) is 4.73. The molecule has 0 saturated carbocycles. The molecular formula is C21H21FN4OS. The number of ether oxygens (including phenoxy) is 1. The number of halogens is 1. The molecule has 1 aromatic carbocycles. The van der Waals surface area contributed by atoms with Crippen molar-refractivity contribution in [2.75, 3.05) is 13.1 Å². The van der Waals surface area contributed by atoms with E-state index in [-0.39, 0.29) is 11.9 Å². The van der Waals surface area contributed by atoms with Crippen LogP contribution in [0.5, 0.6) is 5.19 Å². The van der Waals surface area contributed by atoms with Crippen molar-refractivity contribution < 1.29 is 9.13 Å². The average Bonchev–Trinajstić information content (AvgIpc) is 3.25. The van der Waals surface area contributed by atoms with Gasteiger partial charge in [0.05, 0.1) is 10.4 Å². The van der Waals surface area contributed by atoms with Gasteiger partial charge in [-0.05, 0) is 74.7 Å². The molecule has 5 nitrogen and oxygen atoms in total. The molecule has 0 atom stereocenters. The number of aryl methyl sites for hydroxylation is 2. The first-order chi connectivity index (χ1) is 13.6. The SMILES string of the molecule is Cc1cn2cc(-c3cc(F)c4nc(OC5CCNCC5)sc4c3)cc(C)c2n1. The highest BCUT2D eigenvalue weighted by atomic mass is 32.1. The van der Waals surface area contributed by atoms with Crippen LogP contribution < -0.4 is 10.1 Å². The van der Waals surface area contributed by atoms with Gasteiger partial charge in [-0.3, -0.25) is 0 Å². The summed E-state index contributed by atoms with van der Waals surface area (Å²) in [5, 5.41) is 3.87. The normalized spacial score (nSPS) is 15.5. The molecule has 1 fully saturated rings. The highest BCUT2D eigenvalue weighted by molar-refractivity contribution is 7.20. The average molecular weight is 396 g/mol. The van der Waals surface area contributed by atoms with Crippen molar-refractivity contribution in [1.29, 1.82) is 0 Å². The minimum Gasteiger partial charge on any atom is -0.467 e. The third kappa shape index (κ3) is 3.14. The van der Waals surface area contributed by atoms with Gasteiger partial charge in [0.15, 0.2) is 5.82 Å². The van der Waals surface area contributed by atoms with Gasteiger partial charge < -0.3 is 14.5 Å². The molecule has 0 unspecified atom stereocenters. The zero-order valence-corrected chi connectivity index (χ0v) is 16.6. The second-order valence-corrected chi connectivity index (χ2v) is 8.37. The number of pyridine rings is 1. The summed E-state index contributed by atoms with van der Waals surface area (Å²) >= 11 is 1.41. The van der Waals surface area contributed by atoms with Gasteiger partial charge in [-0.1, -0.05) is 11.3 Å². The number of imidazole rings is 1. The molecular weight excluding hydrogens is 375 g/mol. The number of thiazole rings is 1. The lowest BCUT2D eigenvalue weighted by atomic mass is 10.1. The van der Waals surface area contributed by atoms with E-state index in [1.165, 1.54) is 11.3 Å². The lowest BCUT2D eigenvalue weighted by Gasteiger charge is -2.22. The summed E-state index contributed by atoms with van der Waals surface area (Å²) in [6.45, 7) is 5.89. The lowest BCUT2D eigenvalue weighted by Crippen LogP contribution is -2.34. The van der Waals surface area contributed by atoms with E-state index in [1.807, 2.05) is 36.7 Å². The van der Waals surface area contributed by atoms with Crippen LogP contribution in [0, 0.1) is 19.7 Å². The second kappa shape index (κ2) is 6.83. The molecule has 28 heavy (non-hydrogen) atoms. The van der Waals surface area contributed by atoms with Gasteiger partial charge in [0, 0.05) is 12.4 Å². The summed E-state index contributed by atoms with van der Waals surface area (Å²) in [4.78, 5) is 8.93. The first kappa shape index (κ1) is 17.6. The Labute approximate surface area is 166 Å². The molecule has 4 aromatic rings. The van der Waals surface area contributed by atoms with Gasteiger partial charge in [-0.15, -0.1) is 0 Å². The lowest BCUT2D eigenvalue weighted by molar-refractivity contribution is 0.162. The van der Waals surface area contributed by atoms with E-state index in [9.17, 15) is 4.39 Å². The summed E-state index contributed by atoms with van der Waals surface area (Å²) < 4.78 is 23.6. The molecule has 0 amide bonds. The largest absolute Gasteiger partial charge is 0.467 e. The minimum absolute atomic E-state index is 0.152. The molecule has 5 rings (SSSR count). The van der Waals surface area contributed by atoms with E-state index in [4.69, 9.17) is 4.74 Å². The number of piperidine rings is 1. The summed E-state index contributed by atoms with van der Waals surface area (Å²) in [6, 6.07) is 5.60. The Morgan fingerprint density at radius 2 is 1.93 bits per heavy atom. The Balaban J connectivity index is 1.53. The summed E-state index contributed by atoms with van der Waals surface area (Å²) in [5.41, 5.74) is 5.12. The number of benzene rings is 1. The van der Waals surface area contributed by atoms with E-state index >= 15 is 0 Å². The Hall–Kier alpha value is -2.51. The molecule has 4 heterocycles. The second-order valence-electron chi connectivity index (χ2n) is 7.38. The fraction of sp³-hybridized carbons (Fsp3) is 0.333. The molecule has 0 spiro atoms. The molecule has 144 valence electrons. The molecule has 0 radical (unpaired) electrons. The van der Waals surface area contributed by atoms with Crippen LogP contribution >= 0.6 is 11.3 Å². The van der Waals surface area contributed by atoms with E-state index in [1.54, 1.807) is 6.07 Å². The van der Waals surface area contributed by atoms with Crippen molar-refractivity contribution in [3.8, 4) is 16.3 Å². The van der Waals surface area contributed by atoms with E-state index in [0.29, 0.717) is 10.7 Å². The number of rotatable bonds is 3. The smallest absolute Gasteiger partial charge is 0.274 e. The molecule has 1 saturated heterocycles. The quantitative estimate of drug-likeness (QED) is 0.554. The maximum Gasteiger partial charge on any atom is 0.274 e. The number of nitrogens with zero attached hydrogens (tertiary/aromatic N) is 3. The monoisotopic (exact) mass is 396 g/mol. The van der Waals surface area contributed by atoms with Crippen molar-refractivity contribution in [3.63, 3.8) is 0 Å². The van der Waals surface area contributed by atoms with Crippen molar-refractivity contribution >= 4 is 27.2 Å². The molecule has 1 aliphatic rings. The van der Waals surface area contributed by atoms with Crippen LogP contribution in [0.1, 0.15) is 24.1 Å². The van der Waals surface area contributed by atoms with Crippen LogP contribution in [0.4, 0.5) is 4.39 Å². The molecule has 0 bridgehead atoms. The predicted octanol–water partition coefficient (Wildman–Crippen LogP) is 4.50. The first-order valence-corrected chi connectivity index (χ1v) is 10.3. The molecule has 1 aliphatic heterocycles. The Bertz CT molecular complexity index is 1180. The number of nitrogens with one attached hydrogen (secondary N) is 1. The number of hydrogen-bond donors (Lipinski definition) is 1. The van der Waals surface area contributed by atoms with E-state index < -0.39 is 0 Å². The molecule has 3 aromatic heterocycles. The zero-order chi connectivity index (χ0) is 19.3. The van der Waals surface area contributed by atoms with Crippen LogP contribution in [0.2, 0.25) is 0 Å². The molecule has 7 heteroatoms. The maximum absolute atomic E-state index is 14.8. The Morgan fingerprint density at radius 1 is 1.11 bits per heavy atom. The minimum atomic E-state index is -0.316. The Morgan fingerprint density at radius 3 is 2.75 bits per heavy atom. The summed E-state index contributed by atoms with van der Waals surface area (Å²) in [5.74, 6) is -0.316. The van der Waals surface area contributed by atoms with Crippen LogP contribution in [0.25, 0.3) is 27.0 Å². The molecule has 0 aliphatic carbocycles. The number of fused-ring (bicyclic) bond motifs is 2. The maximum atomic E-state index is 14.8. The van der Waals surface area contributed by atoms with Gasteiger partial charge in [-0.2, -0.15) is 4.98 Å². The van der Waals surface area contributed by atoms with E-state index in [2.05, 4.69) is 21.4 Å². The van der Waals surface area contributed by atoms with Crippen molar-refractivity contribution in [2.45, 2.75) is 32.8 Å². The van der Waals surface area contributed by atoms with Crippen molar-refractivity contribution in [1.82, 2.24) is 19.7 Å². The zero-order valence-electron chi connectivity index (χ0n) is 15.8. The third-order valence-electron chi connectivity index (χ3n) is 5.17. The predicted molar refractivity (Wildman–Crippen MR) is 110 cm³/mol. The van der Waals surface area contributed by atoms with Crippen molar-refractivity contribution in [3.05, 3.63) is 47.7 Å². The van der Waals surface area contributed by atoms with Gasteiger partial charge >= 0.3 is 0 Å². The number of aromatic nitrogens is 3. The van der Waals surface area contributed by atoms with Crippen LogP contribution in [0.3, 0.4) is 0 Å².